The van der Waals surface area contributed by atoms with Crippen LogP contribution in [0.5, 0.6) is 11.5 Å². The van der Waals surface area contributed by atoms with Crippen LogP contribution in [0.4, 0.5) is 15.8 Å². The van der Waals surface area contributed by atoms with E-state index in [-0.39, 0.29) is 5.75 Å². The van der Waals surface area contributed by atoms with Crippen molar-refractivity contribution in [3.63, 3.8) is 0 Å². The zero-order chi connectivity index (χ0) is 18.6. The first-order chi connectivity index (χ1) is 11.8. The van der Waals surface area contributed by atoms with Crippen molar-refractivity contribution in [1.29, 1.82) is 0 Å². The van der Waals surface area contributed by atoms with E-state index in [1.54, 1.807) is 12.1 Å². The number of nitrogens with one attached hydrogen (secondary N) is 1. The third kappa shape index (κ3) is 4.57. The van der Waals surface area contributed by atoms with Crippen molar-refractivity contribution in [3.05, 3.63) is 57.4 Å². The number of amides is 1. The highest BCUT2D eigenvalue weighted by molar-refractivity contribution is 6.32. The number of nitro groups is 1. The number of anilines is 1. The van der Waals surface area contributed by atoms with Crippen molar-refractivity contribution in [2.24, 2.45) is 0 Å². The van der Waals surface area contributed by atoms with E-state index in [1.807, 2.05) is 0 Å². The molecule has 0 aliphatic rings. The number of halogens is 2. The van der Waals surface area contributed by atoms with Crippen LogP contribution >= 0.6 is 11.6 Å². The molecule has 0 spiro atoms. The summed E-state index contributed by atoms with van der Waals surface area (Å²) < 4.78 is 23.5. The van der Waals surface area contributed by atoms with E-state index >= 15 is 0 Å². The molecule has 0 aliphatic heterocycles. The van der Waals surface area contributed by atoms with Crippen LogP contribution in [0.2, 0.25) is 5.02 Å². The van der Waals surface area contributed by atoms with Crippen LogP contribution in [0.25, 0.3) is 0 Å². The lowest BCUT2D eigenvalue weighted by Crippen LogP contribution is -2.30. The molecule has 1 atom stereocenters. The first-order valence-corrected chi connectivity index (χ1v) is 7.44. The minimum absolute atomic E-state index is 0.301. The zero-order valence-electron chi connectivity index (χ0n) is 13.3. The average Bonchev–Trinajstić information content (AvgIpc) is 2.54. The zero-order valence-corrected chi connectivity index (χ0v) is 14.0. The van der Waals surface area contributed by atoms with E-state index in [4.69, 9.17) is 21.1 Å². The van der Waals surface area contributed by atoms with Gasteiger partial charge in [-0.05, 0) is 31.2 Å². The molecule has 0 saturated heterocycles. The second kappa shape index (κ2) is 7.80. The Balaban J connectivity index is 2.12. The molecule has 25 heavy (non-hydrogen) atoms. The summed E-state index contributed by atoms with van der Waals surface area (Å²) in [7, 11) is 1.46. The Labute approximate surface area is 147 Å². The van der Waals surface area contributed by atoms with Gasteiger partial charge >= 0.3 is 5.69 Å². The number of nitro benzene ring substituents is 1. The molecule has 0 bridgehead atoms. The number of hydrogen-bond donors (Lipinski definition) is 1. The maximum atomic E-state index is 13.3. The third-order valence-electron chi connectivity index (χ3n) is 3.21. The Bertz CT molecular complexity index is 815. The molecule has 0 saturated carbocycles. The highest BCUT2D eigenvalue weighted by Crippen LogP contribution is 2.29. The second-order valence-electron chi connectivity index (χ2n) is 4.97. The smallest absolute Gasteiger partial charge is 0.311 e. The lowest BCUT2D eigenvalue weighted by Gasteiger charge is -2.15. The molecule has 1 N–H and O–H groups in total. The number of benzene rings is 2. The van der Waals surface area contributed by atoms with E-state index in [2.05, 4.69) is 5.32 Å². The van der Waals surface area contributed by atoms with Gasteiger partial charge in [-0.15, -0.1) is 0 Å². The summed E-state index contributed by atoms with van der Waals surface area (Å²) in [5.41, 5.74) is -0.0477. The minimum Gasteiger partial charge on any atom is -0.495 e. The first kappa shape index (κ1) is 18.5. The fraction of sp³-hybridized carbons (Fsp3) is 0.188. The fourth-order valence-corrected chi connectivity index (χ4v) is 2.22. The van der Waals surface area contributed by atoms with Crippen molar-refractivity contribution in [1.82, 2.24) is 0 Å². The molecule has 2 rings (SSSR count). The van der Waals surface area contributed by atoms with Crippen molar-refractivity contribution >= 4 is 28.9 Å². The Morgan fingerprint density at radius 1 is 1.28 bits per heavy atom. The molecule has 2 aromatic rings. The molecule has 2 aromatic carbocycles. The largest absolute Gasteiger partial charge is 0.495 e. The van der Waals surface area contributed by atoms with Gasteiger partial charge in [-0.3, -0.25) is 14.9 Å². The van der Waals surface area contributed by atoms with Crippen molar-refractivity contribution in [2.75, 3.05) is 12.4 Å². The quantitative estimate of drug-likeness (QED) is 0.618. The highest BCUT2D eigenvalue weighted by Gasteiger charge is 2.22. The van der Waals surface area contributed by atoms with Crippen LogP contribution in [0.1, 0.15) is 6.92 Å². The Morgan fingerprint density at radius 3 is 2.60 bits per heavy atom. The van der Waals surface area contributed by atoms with Gasteiger partial charge in [-0.2, -0.15) is 0 Å². The standard InChI is InChI=1S/C16H14ClFN2O5/c1-9(25-15-7-10(18)3-5-13(15)20(22)23)16(21)19-11-4-6-14(24-2)12(17)8-11/h3-9H,1-2H3,(H,19,21). The van der Waals surface area contributed by atoms with E-state index < -0.39 is 28.4 Å². The summed E-state index contributed by atoms with van der Waals surface area (Å²) in [5, 5.41) is 13.8. The van der Waals surface area contributed by atoms with E-state index in [1.165, 1.54) is 20.1 Å². The lowest BCUT2D eigenvalue weighted by molar-refractivity contribution is -0.386. The van der Waals surface area contributed by atoms with Crippen LogP contribution in [-0.4, -0.2) is 24.0 Å². The summed E-state index contributed by atoms with van der Waals surface area (Å²) in [4.78, 5) is 22.4. The van der Waals surface area contributed by atoms with Crippen LogP contribution in [-0.2, 0) is 4.79 Å². The normalized spacial score (nSPS) is 11.5. The number of carbonyl (C=O) groups is 1. The molecule has 1 unspecified atom stereocenters. The Kier molecular flexibility index (Phi) is 5.76. The van der Waals surface area contributed by atoms with Gasteiger partial charge in [0.05, 0.1) is 17.1 Å². The molecular weight excluding hydrogens is 355 g/mol. The highest BCUT2D eigenvalue weighted by atomic mass is 35.5. The summed E-state index contributed by atoms with van der Waals surface area (Å²) in [6.45, 7) is 1.38. The number of rotatable bonds is 6. The number of carbonyl (C=O) groups excluding carboxylic acids is 1. The maximum absolute atomic E-state index is 13.3. The third-order valence-corrected chi connectivity index (χ3v) is 3.51. The number of nitrogens with zero attached hydrogens (tertiary/aromatic N) is 1. The lowest BCUT2D eigenvalue weighted by atomic mass is 10.2. The van der Waals surface area contributed by atoms with Crippen LogP contribution < -0.4 is 14.8 Å². The predicted octanol–water partition coefficient (Wildman–Crippen LogP) is 3.80. The molecule has 1 amide bonds. The molecular formula is C16H14ClFN2O5. The predicted molar refractivity (Wildman–Crippen MR) is 89.8 cm³/mol. The van der Waals surface area contributed by atoms with E-state index in [0.29, 0.717) is 16.5 Å². The minimum atomic E-state index is -1.11. The Morgan fingerprint density at radius 2 is 2.00 bits per heavy atom. The van der Waals surface area contributed by atoms with Crippen molar-refractivity contribution in [2.45, 2.75) is 13.0 Å². The van der Waals surface area contributed by atoms with Gasteiger partial charge in [0.1, 0.15) is 11.6 Å². The van der Waals surface area contributed by atoms with Gasteiger partial charge in [0.15, 0.2) is 6.10 Å². The van der Waals surface area contributed by atoms with Gasteiger partial charge in [0.25, 0.3) is 5.91 Å². The molecule has 7 nitrogen and oxygen atoms in total. The second-order valence-corrected chi connectivity index (χ2v) is 5.38. The van der Waals surface area contributed by atoms with Gasteiger partial charge in [0.2, 0.25) is 5.75 Å². The van der Waals surface area contributed by atoms with Gasteiger partial charge in [-0.1, -0.05) is 11.6 Å². The van der Waals surface area contributed by atoms with Crippen LogP contribution in [0, 0.1) is 15.9 Å². The summed E-state index contributed by atoms with van der Waals surface area (Å²) in [5.74, 6) is -1.19. The van der Waals surface area contributed by atoms with Gasteiger partial charge in [-0.25, -0.2) is 4.39 Å². The fourth-order valence-electron chi connectivity index (χ4n) is 1.97. The summed E-state index contributed by atoms with van der Waals surface area (Å²) in [6, 6.07) is 7.39. The molecule has 0 aliphatic carbocycles. The molecule has 132 valence electrons. The first-order valence-electron chi connectivity index (χ1n) is 7.07. The number of hydrogen-bond acceptors (Lipinski definition) is 5. The average molecular weight is 369 g/mol. The molecule has 0 aromatic heterocycles. The van der Waals surface area contributed by atoms with Crippen LogP contribution in [0.3, 0.4) is 0 Å². The monoisotopic (exact) mass is 368 g/mol. The SMILES string of the molecule is COc1ccc(NC(=O)C(C)Oc2cc(F)ccc2[N+](=O)[O-])cc1Cl. The number of ether oxygens (including phenoxy) is 2. The Hall–Kier alpha value is -2.87. The van der Waals surface area contributed by atoms with E-state index in [0.717, 1.165) is 18.2 Å². The molecule has 0 fully saturated rings. The van der Waals surface area contributed by atoms with E-state index in [9.17, 15) is 19.3 Å². The summed E-state index contributed by atoms with van der Waals surface area (Å²) >= 11 is 5.97. The van der Waals surface area contributed by atoms with Gasteiger partial charge in [0, 0.05) is 17.8 Å². The maximum Gasteiger partial charge on any atom is 0.311 e. The summed E-state index contributed by atoms with van der Waals surface area (Å²) in [6.07, 6.45) is -1.11. The van der Waals surface area contributed by atoms with Crippen molar-refractivity contribution in [3.8, 4) is 11.5 Å². The molecule has 9 heteroatoms. The molecule has 0 radical (unpaired) electrons. The topological polar surface area (TPSA) is 90.7 Å². The molecule has 0 heterocycles. The van der Waals surface area contributed by atoms with Gasteiger partial charge < -0.3 is 14.8 Å². The van der Waals surface area contributed by atoms with Crippen LogP contribution in [0.15, 0.2) is 36.4 Å². The van der Waals surface area contributed by atoms with Crippen molar-refractivity contribution < 1.29 is 23.6 Å². The number of methoxy groups -OCH3 is 1.